The summed E-state index contributed by atoms with van der Waals surface area (Å²) >= 11 is 0. The lowest BCUT2D eigenvalue weighted by Gasteiger charge is -2.56. The Labute approximate surface area is 145 Å². The number of benzene rings is 1. The van der Waals surface area contributed by atoms with Gasteiger partial charge in [0.1, 0.15) is 5.75 Å². The van der Waals surface area contributed by atoms with E-state index < -0.39 is 10.0 Å². The molecule has 0 spiro atoms. The molecule has 1 aromatic rings. The minimum absolute atomic E-state index is 0.215. The molecule has 0 aromatic heterocycles. The molecule has 4 bridgehead atoms. The Morgan fingerprint density at radius 1 is 1.04 bits per heavy atom. The highest BCUT2D eigenvalue weighted by Gasteiger charge is 2.50. The number of nitrogens with one attached hydrogen (secondary N) is 1. The molecule has 1 aromatic carbocycles. The van der Waals surface area contributed by atoms with Crippen molar-refractivity contribution >= 4 is 10.0 Å². The van der Waals surface area contributed by atoms with E-state index in [1.165, 1.54) is 38.5 Å². The van der Waals surface area contributed by atoms with Gasteiger partial charge in [0.25, 0.3) is 0 Å². The quantitative estimate of drug-likeness (QED) is 0.854. The van der Waals surface area contributed by atoms with Gasteiger partial charge in [0.15, 0.2) is 0 Å². The third-order valence-corrected chi connectivity index (χ3v) is 7.66. The van der Waals surface area contributed by atoms with Gasteiger partial charge in [-0.25, -0.2) is 13.1 Å². The molecule has 24 heavy (non-hydrogen) atoms. The zero-order chi connectivity index (χ0) is 16.8. The molecule has 5 heteroatoms. The molecule has 0 amide bonds. The van der Waals surface area contributed by atoms with Crippen molar-refractivity contribution < 1.29 is 13.2 Å². The summed E-state index contributed by atoms with van der Waals surface area (Å²) in [7, 11) is -3.44. The van der Waals surface area contributed by atoms with Gasteiger partial charge < -0.3 is 4.74 Å². The van der Waals surface area contributed by atoms with Crippen LogP contribution in [0.5, 0.6) is 5.75 Å². The number of sulfonamides is 1. The van der Waals surface area contributed by atoms with Gasteiger partial charge in [-0.2, -0.15) is 0 Å². The van der Waals surface area contributed by atoms with Crippen molar-refractivity contribution in [3.8, 4) is 5.75 Å². The highest BCUT2D eigenvalue weighted by Crippen LogP contribution is 2.59. The van der Waals surface area contributed by atoms with Crippen LogP contribution in [0.1, 0.15) is 45.4 Å². The second kappa shape index (κ2) is 6.03. The zero-order valence-corrected chi connectivity index (χ0v) is 15.1. The van der Waals surface area contributed by atoms with Crippen LogP contribution in [0.4, 0.5) is 0 Å². The third-order valence-electron chi connectivity index (χ3n) is 6.25. The zero-order valence-electron chi connectivity index (χ0n) is 14.3. The van der Waals surface area contributed by atoms with Crippen LogP contribution in [0, 0.1) is 23.2 Å². The number of ether oxygens (including phenoxy) is 1. The first-order chi connectivity index (χ1) is 11.5. The summed E-state index contributed by atoms with van der Waals surface area (Å²) in [6.45, 7) is 3.10. The molecule has 0 saturated heterocycles. The van der Waals surface area contributed by atoms with Crippen molar-refractivity contribution in [1.82, 2.24) is 4.72 Å². The molecule has 0 radical (unpaired) electrons. The van der Waals surface area contributed by atoms with Gasteiger partial charge in [0, 0.05) is 6.54 Å². The van der Waals surface area contributed by atoms with E-state index in [1.807, 2.05) is 6.92 Å². The molecule has 0 heterocycles. The second-order valence-electron chi connectivity index (χ2n) is 8.15. The van der Waals surface area contributed by atoms with E-state index in [-0.39, 0.29) is 5.41 Å². The van der Waals surface area contributed by atoms with Gasteiger partial charge in [-0.3, -0.25) is 0 Å². The van der Waals surface area contributed by atoms with E-state index in [4.69, 9.17) is 4.74 Å². The van der Waals surface area contributed by atoms with Gasteiger partial charge in [-0.15, -0.1) is 0 Å². The standard InChI is InChI=1S/C19H27NO3S/c1-2-23-17-3-5-18(6-4-17)24(21,22)20-13-19-10-14-7-15(11-19)9-16(8-14)12-19/h3-6,14-16,20H,2,7-13H2,1H3. The Balaban J connectivity index is 1.45. The Bertz CT molecular complexity index is 661. The van der Waals surface area contributed by atoms with E-state index in [1.54, 1.807) is 24.3 Å². The molecular weight excluding hydrogens is 322 g/mol. The summed E-state index contributed by atoms with van der Waals surface area (Å²) in [5.41, 5.74) is 0.215. The molecule has 0 aliphatic heterocycles. The predicted octanol–water partition coefficient (Wildman–Crippen LogP) is 3.58. The third kappa shape index (κ3) is 3.08. The van der Waals surface area contributed by atoms with Crippen molar-refractivity contribution in [1.29, 1.82) is 0 Å². The van der Waals surface area contributed by atoms with Crippen LogP contribution in [0.3, 0.4) is 0 Å². The van der Waals surface area contributed by atoms with Gasteiger partial charge in [-0.05, 0) is 92.9 Å². The van der Waals surface area contributed by atoms with Crippen molar-refractivity contribution in [3.05, 3.63) is 24.3 Å². The molecule has 4 nitrogen and oxygen atoms in total. The smallest absolute Gasteiger partial charge is 0.240 e. The maximum atomic E-state index is 12.6. The van der Waals surface area contributed by atoms with E-state index in [0.29, 0.717) is 23.8 Å². The van der Waals surface area contributed by atoms with E-state index in [2.05, 4.69) is 4.72 Å². The molecule has 0 unspecified atom stereocenters. The van der Waals surface area contributed by atoms with Crippen LogP contribution >= 0.6 is 0 Å². The number of rotatable bonds is 6. The van der Waals surface area contributed by atoms with Crippen LogP contribution < -0.4 is 9.46 Å². The minimum Gasteiger partial charge on any atom is -0.494 e. The van der Waals surface area contributed by atoms with Gasteiger partial charge in [-0.1, -0.05) is 0 Å². The van der Waals surface area contributed by atoms with Crippen LogP contribution in [-0.4, -0.2) is 21.6 Å². The maximum Gasteiger partial charge on any atom is 0.240 e. The van der Waals surface area contributed by atoms with E-state index in [9.17, 15) is 8.42 Å². The molecule has 5 rings (SSSR count). The molecule has 0 atom stereocenters. The first-order valence-corrected chi connectivity index (χ1v) is 10.7. The highest BCUT2D eigenvalue weighted by molar-refractivity contribution is 7.89. The summed E-state index contributed by atoms with van der Waals surface area (Å²) in [6.07, 6.45) is 7.78. The Morgan fingerprint density at radius 2 is 1.58 bits per heavy atom. The fraction of sp³-hybridized carbons (Fsp3) is 0.684. The van der Waals surface area contributed by atoms with Crippen molar-refractivity contribution in [3.63, 3.8) is 0 Å². The number of hydrogen-bond donors (Lipinski definition) is 1. The van der Waals surface area contributed by atoms with Gasteiger partial charge in [0.05, 0.1) is 11.5 Å². The van der Waals surface area contributed by atoms with Crippen LogP contribution in [0.2, 0.25) is 0 Å². The fourth-order valence-corrected chi connectivity index (χ4v) is 6.88. The van der Waals surface area contributed by atoms with Crippen LogP contribution in [-0.2, 0) is 10.0 Å². The fourth-order valence-electron chi connectivity index (χ4n) is 5.72. The summed E-state index contributed by atoms with van der Waals surface area (Å²) < 4.78 is 33.6. The Morgan fingerprint density at radius 3 is 2.08 bits per heavy atom. The lowest BCUT2D eigenvalue weighted by Crippen LogP contribution is -2.51. The normalized spacial score (nSPS) is 34.5. The Kier molecular flexibility index (Phi) is 4.12. The lowest BCUT2D eigenvalue weighted by molar-refractivity contribution is -0.0487. The van der Waals surface area contributed by atoms with Crippen molar-refractivity contribution in [2.75, 3.05) is 13.2 Å². The summed E-state index contributed by atoms with van der Waals surface area (Å²) in [5, 5.41) is 0. The first-order valence-electron chi connectivity index (χ1n) is 9.20. The largest absolute Gasteiger partial charge is 0.494 e. The van der Waals surface area contributed by atoms with Crippen LogP contribution in [0.15, 0.2) is 29.2 Å². The average molecular weight is 349 g/mol. The monoisotopic (exact) mass is 349 g/mol. The molecule has 132 valence electrons. The maximum absolute atomic E-state index is 12.6. The molecule has 4 aliphatic carbocycles. The summed E-state index contributed by atoms with van der Waals surface area (Å²) in [5.74, 6) is 3.22. The Hall–Kier alpha value is -1.07. The van der Waals surface area contributed by atoms with Gasteiger partial charge >= 0.3 is 0 Å². The molecule has 4 aliphatic rings. The molecule has 4 saturated carbocycles. The molecule has 1 N–H and O–H groups in total. The van der Waals surface area contributed by atoms with Gasteiger partial charge in [0.2, 0.25) is 10.0 Å². The second-order valence-corrected chi connectivity index (χ2v) is 9.91. The summed E-state index contributed by atoms with van der Waals surface area (Å²) in [4.78, 5) is 0.329. The van der Waals surface area contributed by atoms with Crippen molar-refractivity contribution in [2.24, 2.45) is 23.2 Å². The lowest BCUT2D eigenvalue weighted by atomic mass is 9.50. The van der Waals surface area contributed by atoms with Crippen molar-refractivity contribution in [2.45, 2.75) is 50.3 Å². The SMILES string of the molecule is CCOc1ccc(S(=O)(=O)NCC23CC4CC(CC(C4)C2)C3)cc1. The minimum atomic E-state index is -3.44. The number of hydrogen-bond acceptors (Lipinski definition) is 3. The average Bonchev–Trinajstić information content (AvgIpc) is 2.53. The first kappa shape index (κ1) is 16.4. The van der Waals surface area contributed by atoms with Crippen LogP contribution in [0.25, 0.3) is 0 Å². The predicted molar refractivity (Wildman–Crippen MR) is 93.4 cm³/mol. The van der Waals surface area contributed by atoms with E-state index >= 15 is 0 Å². The molecular formula is C19H27NO3S. The highest BCUT2D eigenvalue weighted by atomic mass is 32.2. The molecule has 4 fully saturated rings. The topological polar surface area (TPSA) is 55.4 Å². The summed E-state index contributed by atoms with van der Waals surface area (Å²) in [6, 6.07) is 6.71. The van der Waals surface area contributed by atoms with E-state index in [0.717, 1.165) is 17.8 Å².